The highest BCUT2D eigenvalue weighted by Gasteiger charge is 2.65. The van der Waals surface area contributed by atoms with Gasteiger partial charge in [0.2, 0.25) is 5.91 Å². The number of aromatic nitrogens is 1. The third kappa shape index (κ3) is 1.56. The van der Waals surface area contributed by atoms with Gasteiger partial charge in [-0.3, -0.25) is 9.59 Å². The zero-order chi connectivity index (χ0) is 11.9. The predicted octanol–water partition coefficient (Wildman–Crippen LogP) is 0.970. The fraction of sp³-hybridized carbons (Fsp3) is 0.500. The van der Waals surface area contributed by atoms with Crippen LogP contribution in [0.5, 0.6) is 0 Å². The summed E-state index contributed by atoms with van der Waals surface area (Å²) in [5.74, 6) is -2.10. The monoisotopic (exact) mass is 224 g/mol. The molecule has 1 aliphatic rings. The maximum Gasteiger partial charge on any atom is 0.307 e. The van der Waals surface area contributed by atoms with Gasteiger partial charge in [0.1, 0.15) is 6.26 Å². The predicted molar refractivity (Wildman–Crippen MR) is 53.5 cm³/mol. The second kappa shape index (κ2) is 3.33. The fourth-order valence-corrected chi connectivity index (χ4v) is 2.07. The molecule has 2 rings (SSSR count). The Morgan fingerprint density at radius 2 is 2.19 bits per heavy atom. The number of amides is 1. The molecule has 1 aromatic heterocycles. The van der Waals surface area contributed by atoms with Gasteiger partial charge in [-0.2, -0.15) is 0 Å². The van der Waals surface area contributed by atoms with Crippen LogP contribution in [0.2, 0.25) is 0 Å². The number of carboxylic acid groups (broad SMARTS) is 1. The number of hydrogen-bond acceptors (Lipinski definition) is 4. The number of nitrogens with zero attached hydrogens (tertiary/aromatic N) is 1. The van der Waals surface area contributed by atoms with E-state index in [1.807, 2.05) is 0 Å². The third-order valence-electron chi connectivity index (χ3n) is 3.06. The molecule has 16 heavy (non-hydrogen) atoms. The summed E-state index contributed by atoms with van der Waals surface area (Å²) in [6.45, 7) is 3.53. The van der Waals surface area contributed by atoms with Crippen molar-refractivity contribution in [3.8, 4) is 0 Å². The van der Waals surface area contributed by atoms with Crippen molar-refractivity contribution in [2.45, 2.75) is 13.8 Å². The molecule has 1 heterocycles. The number of carbonyl (C=O) groups excluding carboxylic acids is 1. The van der Waals surface area contributed by atoms with Crippen molar-refractivity contribution < 1.29 is 19.2 Å². The van der Waals surface area contributed by atoms with Gasteiger partial charge in [-0.05, 0) is 5.41 Å². The van der Waals surface area contributed by atoms with Crippen molar-refractivity contribution in [1.82, 2.24) is 5.16 Å². The van der Waals surface area contributed by atoms with E-state index in [2.05, 4.69) is 15.0 Å². The van der Waals surface area contributed by atoms with E-state index >= 15 is 0 Å². The van der Waals surface area contributed by atoms with Crippen LogP contribution in [0.25, 0.3) is 0 Å². The molecule has 1 aliphatic carbocycles. The Kier molecular flexibility index (Phi) is 2.22. The van der Waals surface area contributed by atoms with E-state index in [0.717, 1.165) is 0 Å². The first-order chi connectivity index (χ1) is 7.44. The molecule has 0 radical (unpaired) electrons. The Hall–Kier alpha value is -1.85. The van der Waals surface area contributed by atoms with Crippen LogP contribution in [-0.2, 0) is 9.59 Å². The summed E-state index contributed by atoms with van der Waals surface area (Å²) in [5, 5.41) is 15.0. The Morgan fingerprint density at radius 3 is 2.62 bits per heavy atom. The minimum absolute atomic E-state index is 0.303. The van der Waals surface area contributed by atoms with Gasteiger partial charge in [0.05, 0.1) is 11.8 Å². The Morgan fingerprint density at radius 1 is 1.50 bits per heavy atom. The Bertz CT molecular complexity index is 424. The SMILES string of the molecule is CC1(C)C(C(=O)O)C1C(=O)Nc1ccon1. The van der Waals surface area contributed by atoms with Crippen molar-refractivity contribution in [3.05, 3.63) is 12.3 Å². The van der Waals surface area contributed by atoms with Crippen molar-refractivity contribution in [2.75, 3.05) is 5.32 Å². The zero-order valence-electron chi connectivity index (χ0n) is 8.93. The van der Waals surface area contributed by atoms with E-state index in [4.69, 9.17) is 5.11 Å². The lowest BCUT2D eigenvalue weighted by Gasteiger charge is -2.01. The first-order valence-corrected chi connectivity index (χ1v) is 4.88. The number of carboxylic acids is 1. The molecule has 0 bridgehead atoms. The summed E-state index contributed by atoms with van der Waals surface area (Å²) in [5.41, 5.74) is -0.500. The lowest BCUT2D eigenvalue weighted by atomic mass is 10.1. The lowest BCUT2D eigenvalue weighted by molar-refractivity contribution is -0.140. The van der Waals surface area contributed by atoms with Crippen LogP contribution in [0.3, 0.4) is 0 Å². The smallest absolute Gasteiger partial charge is 0.307 e. The van der Waals surface area contributed by atoms with Crippen LogP contribution >= 0.6 is 0 Å². The average molecular weight is 224 g/mol. The standard InChI is InChI=1S/C10H12N2O4/c1-10(2)6(7(10)9(14)15)8(13)11-5-3-4-16-12-5/h3-4,6-7H,1-2H3,(H,14,15)(H,11,12,13). The lowest BCUT2D eigenvalue weighted by Crippen LogP contribution is -2.17. The summed E-state index contributed by atoms with van der Waals surface area (Å²) in [6, 6.07) is 1.50. The van der Waals surface area contributed by atoms with E-state index in [1.165, 1.54) is 12.3 Å². The van der Waals surface area contributed by atoms with Crippen LogP contribution < -0.4 is 5.32 Å². The van der Waals surface area contributed by atoms with E-state index < -0.39 is 23.2 Å². The number of nitrogens with one attached hydrogen (secondary N) is 1. The number of carbonyl (C=O) groups is 2. The summed E-state index contributed by atoms with van der Waals surface area (Å²) in [4.78, 5) is 22.6. The second-order valence-corrected chi connectivity index (χ2v) is 4.49. The molecule has 2 unspecified atom stereocenters. The molecule has 1 saturated carbocycles. The molecule has 6 nitrogen and oxygen atoms in total. The molecule has 0 aromatic carbocycles. The van der Waals surface area contributed by atoms with E-state index in [0.29, 0.717) is 5.82 Å². The number of aliphatic carboxylic acids is 1. The molecule has 2 atom stereocenters. The van der Waals surface area contributed by atoms with Gasteiger partial charge in [-0.25, -0.2) is 0 Å². The van der Waals surface area contributed by atoms with Gasteiger partial charge in [0.25, 0.3) is 0 Å². The first kappa shape index (κ1) is 10.7. The molecular formula is C10H12N2O4. The van der Waals surface area contributed by atoms with Gasteiger partial charge in [0, 0.05) is 6.07 Å². The summed E-state index contributed by atoms with van der Waals surface area (Å²) in [7, 11) is 0. The summed E-state index contributed by atoms with van der Waals surface area (Å²) >= 11 is 0. The largest absolute Gasteiger partial charge is 0.481 e. The highest BCUT2D eigenvalue weighted by molar-refractivity contribution is 5.99. The average Bonchev–Trinajstić information content (AvgIpc) is 2.58. The quantitative estimate of drug-likeness (QED) is 0.798. The first-order valence-electron chi connectivity index (χ1n) is 4.88. The molecule has 86 valence electrons. The molecule has 0 spiro atoms. The molecule has 1 fully saturated rings. The molecule has 6 heteroatoms. The maximum absolute atomic E-state index is 11.7. The van der Waals surface area contributed by atoms with Crippen LogP contribution in [0.15, 0.2) is 16.9 Å². The van der Waals surface area contributed by atoms with Crippen LogP contribution in [0, 0.1) is 17.3 Å². The van der Waals surface area contributed by atoms with Crippen LogP contribution in [0.4, 0.5) is 5.82 Å². The Balaban J connectivity index is 2.05. The third-order valence-corrected chi connectivity index (χ3v) is 3.06. The van der Waals surface area contributed by atoms with Gasteiger partial charge >= 0.3 is 5.97 Å². The molecule has 1 amide bonds. The normalized spacial score (nSPS) is 26.1. The number of rotatable bonds is 3. The van der Waals surface area contributed by atoms with Crippen molar-refractivity contribution >= 4 is 17.7 Å². The second-order valence-electron chi connectivity index (χ2n) is 4.49. The highest BCUT2D eigenvalue weighted by Crippen LogP contribution is 2.58. The number of hydrogen-bond donors (Lipinski definition) is 2. The minimum atomic E-state index is -0.940. The Labute approximate surface area is 91.6 Å². The van der Waals surface area contributed by atoms with Gasteiger partial charge in [-0.15, -0.1) is 0 Å². The summed E-state index contributed by atoms with van der Waals surface area (Å²) < 4.78 is 4.56. The topological polar surface area (TPSA) is 92.4 Å². The molecule has 1 aromatic rings. The molecule has 0 saturated heterocycles. The fourth-order valence-electron chi connectivity index (χ4n) is 2.07. The highest BCUT2D eigenvalue weighted by atomic mass is 16.5. The van der Waals surface area contributed by atoms with E-state index in [1.54, 1.807) is 13.8 Å². The summed E-state index contributed by atoms with van der Waals surface area (Å²) in [6.07, 6.45) is 1.34. The molecule has 2 N–H and O–H groups in total. The minimum Gasteiger partial charge on any atom is -0.481 e. The number of anilines is 1. The van der Waals surface area contributed by atoms with E-state index in [-0.39, 0.29) is 5.91 Å². The van der Waals surface area contributed by atoms with Gasteiger partial charge < -0.3 is 14.9 Å². The molecular weight excluding hydrogens is 212 g/mol. The van der Waals surface area contributed by atoms with Crippen molar-refractivity contribution in [1.29, 1.82) is 0 Å². The van der Waals surface area contributed by atoms with Crippen molar-refractivity contribution in [3.63, 3.8) is 0 Å². The van der Waals surface area contributed by atoms with Crippen LogP contribution in [-0.4, -0.2) is 22.1 Å². The zero-order valence-corrected chi connectivity index (χ0v) is 8.93. The van der Waals surface area contributed by atoms with Crippen LogP contribution in [0.1, 0.15) is 13.8 Å². The van der Waals surface area contributed by atoms with Gasteiger partial charge in [0.15, 0.2) is 5.82 Å². The maximum atomic E-state index is 11.7. The molecule has 0 aliphatic heterocycles. The van der Waals surface area contributed by atoms with Gasteiger partial charge in [-0.1, -0.05) is 19.0 Å². The van der Waals surface area contributed by atoms with E-state index in [9.17, 15) is 9.59 Å². The van der Waals surface area contributed by atoms with Crippen molar-refractivity contribution in [2.24, 2.45) is 17.3 Å².